The van der Waals surface area contributed by atoms with Gasteiger partial charge in [0.15, 0.2) is 5.16 Å². The van der Waals surface area contributed by atoms with Crippen molar-refractivity contribution in [2.45, 2.75) is 25.9 Å². The zero-order chi connectivity index (χ0) is 13.8. The number of aromatic nitrogens is 2. The van der Waals surface area contributed by atoms with Gasteiger partial charge in [0.05, 0.1) is 11.4 Å². The maximum absolute atomic E-state index is 11.8. The monoisotopic (exact) mass is 275 g/mol. The van der Waals surface area contributed by atoms with Gasteiger partial charge in [0.25, 0.3) is 0 Å². The first-order valence-corrected chi connectivity index (χ1v) is 7.05. The van der Waals surface area contributed by atoms with Gasteiger partial charge in [0, 0.05) is 11.4 Å². The molecule has 0 saturated carbocycles. The summed E-state index contributed by atoms with van der Waals surface area (Å²) in [7, 11) is 0. The molecular formula is C14H17N3OS. The Kier molecular flexibility index (Phi) is 4.27. The summed E-state index contributed by atoms with van der Waals surface area (Å²) in [6, 6.07) is 7.76. The molecule has 0 unspecified atom stereocenters. The Morgan fingerprint density at radius 2 is 2.16 bits per heavy atom. The molecule has 1 aromatic carbocycles. The molecule has 100 valence electrons. The third-order valence-electron chi connectivity index (χ3n) is 2.75. The molecule has 1 heterocycles. The van der Waals surface area contributed by atoms with E-state index in [4.69, 9.17) is 0 Å². The third kappa shape index (κ3) is 3.86. The standard InChI is InChI=1S/C14H17N3OS/c1-9-5-4-6-12(7-9)17-13(18)8-19-14-15-10(2)11(3)16-14/h4-7H,8H2,1-3H3,(H,15,16)(H,17,18). The largest absolute Gasteiger partial charge is 0.337 e. The van der Waals surface area contributed by atoms with Crippen molar-refractivity contribution in [2.75, 3.05) is 11.1 Å². The minimum absolute atomic E-state index is 0.0256. The van der Waals surface area contributed by atoms with Gasteiger partial charge in [-0.25, -0.2) is 4.98 Å². The van der Waals surface area contributed by atoms with Crippen LogP contribution in [0.2, 0.25) is 0 Å². The Balaban J connectivity index is 1.88. The maximum atomic E-state index is 11.8. The predicted octanol–water partition coefficient (Wildman–Crippen LogP) is 3.07. The fraction of sp³-hybridized carbons (Fsp3) is 0.286. The number of aromatic amines is 1. The second kappa shape index (κ2) is 5.93. The zero-order valence-corrected chi connectivity index (χ0v) is 12.1. The van der Waals surface area contributed by atoms with E-state index < -0.39 is 0 Å². The van der Waals surface area contributed by atoms with Crippen LogP contribution >= 0.6 is 11.8 Å². The third-order valence-corrected chi connectivity index (χ3v) is 3.62. The van der Waals surface area contributed by atoms with E-state index in [-0.39, 0.29) is 5.91 Å². The summed E-state index contributed by atoms with van der Waals surface area (Å²) in [5.74, 6) is 0.322. The molecule has 1 aromatic heterocycles. The summed E-state index contributed by atoms with van der Waals surface area (Å²) in [4.78, 5) is 19.3. The number of nitrogens with one attached hydrogen (secondary N) is 2. The van der Waals surface area contributed by atoms with Gasteiger partial charge in [-0.05, 0) is 38.5 Å². The van der Waals surface area contributed by atoms with Crippen LogP contribution in [0.25, 0.3) is 0 Å². The minimum atomic E-state index is -0.0256. The lowest BCUT2D eigenvalue weighted by Gasteiger charge is -2.04. The van der Waals surface area contributed by atoms with Gasteiger partial charge < -0.3 is 10.3 Å². The van der Waals surface area contributed by atoms with Crippen molar-refractivity contribution >= 4 is 23.4 Å². The molecule has 1 amide bonds. The second-order valence-corrected chi connectivity index (χ2v) is 5.42. The van der Waals surface area contributed by atoms with E-state index in [1.807, 2.05) is 45.0 Å². The van der Waals surface area contributed by atoms with E-state index in [0.717, 1.165) is 27.8 Å². The highest BCUT2D eigenvalue weighted by atomic mass is 32.2. The zero-order valence-electron chi connectivity index (χ0n) is 11.3. The van der Waals surface area contributed by atoms with Gasteiger partial charge in [-0.1, -0.05) is 23.9 Å². The van der Waals surface area contributed by atoms with Gasteiger partial charge in [-0.2, -0.15) is 0 Å². The van der Waals surface area contributed by atoms with Gasteiger partial charge in [-0.15, -0.1) is 0 Å². The van der Waals surface area contributed by atoms with Crippen LogP contribution in [0.3, 0.4) is 0 Å². The van der Waals surface area contributed by atoms with E-state index in [0.29, 0.717) is 5.75 Å². The first-order valence-electron chi connectivity index (χ1n) is 6.07. The van der Waals surface area contributed by atoms with Gasteiger partial charge in [-0.3, -0.25) is 4.79 Å². The molecule has 0 spiro atoms. The molecule has 0 aliphatic heterocycles. The number of nitrogens with zero attached hydrogens (tertiary/aromatic N) is 1. The first kappa shape index (κ1) is 13.7. The summed E-state index contributed by atoms with van der Waals surface area (Å²) in [5, 5.41) is 3.66. The summed E-state index contributed by atoms with van der Waals surface area (Å²) >= 11 is 1.41. The van der Waals surface area contributed by atoms with E-state index in [9.17, 15) is 4.79 Å². The fourth-order valence-electron chi connectivity index (χ4n) is 1.64. The van der Waals surface area contributed by atoms with Crippen molar-refractivity contribution in [1.29, 1.82) is 0 Å². The molecule has 0 saturated heterocycles. The highest BCUT2D eigenvalue weighted by Gasteiger charge is 2.07. The molecule has 2 aromatic rings. The molecule has 19 heavy (non-hydrogen) atoms. The summed E-state index contributed by atoms with van der Waals surface area (Å²) in [6.07, 6.45) is 0. The van der Waals surface area contributed by atoms with Crippen LogP contribution in [0.5, 0.6) is 0 Å². The lowest BCUT2D eigenvalue weighted by molar-refractivity contribution is -0.113. The summed E-state index contributed by atoms with van der Waals surface area (Å²) < 4.78 is 0. The number of rotatable bonds is 4. The molecule has 0 radical (unpaired) electrons. The van der Waals surface area contributed by atoms with Crippen LogP contribution in [-0.4, -0.2) is 21.6 Å². The molecule has 0 atom stereocenters. The molecule has 5 heteroatoms. The van der Waals surface area contributed by atoms with Crippen LogP contribution in [0.15, 0.2) is 29.4 Å². The topological polar surface area (TPSA) is 57.8 Å². The van der Waals surface area contributed by atoms with E-state index in [1.54, 1.807) is 0 Å². The number of carbonyl (C=O) groups is 1. The lowest BCUT2D eigenvalue weighted by atomic mass is 10.2. The number of amides is 1. The Bertz CT molecular complexity index is 573. The predicted molar refractivity (Wildman–Crippen MR) is 78.6 cm³/mol. The molecule has 0 aliphatic rings. The second-order valence-electron chi connectivity index (χ2n) is 4.46. The number of carbonyl (C=O) groups excluding carboxylic acids is 1. The molecule has 0 bridgehead atoms. The van der Waals surface area contributed by atoms with E-state index >= 15 is 0 Å². The Hall–Kier alpha value is -1.75. The maximum Gasteiger partial charge on any atom is 0.234 e. The van der Waals surface area contributed by atoms with E-state index in [2.05, 4.69) is 15.3 Å². The quantitative estimate of drug-likeness (QED) is 0.843. The van der Waals surface area contributed by atoms with Crippen molar-refractivity contribution < 1.29 is 4.79 Å². The van der Waals surface area contributed by atoms with Crippen molar-refractivity contribution in [1.82, 2.24) is 9.97 Å². The highest BCUT2D eigenvalue weighted by molar-refractivity contribution is 7.99. The smallest absolute Gasteiger partial charge is 0.234 e. The number of hydrogen-bond acceptors (Lipinski definition) is 3. The molecule has 0 fully saturated rings. The fourth-order valence-corrected chi connectivity index (χ4v) is 2.40. The Labute approximate surface area is 117 Å². The molecule has 4 nitrogen and oxygen atoms in total. The van der Waals surface area contributed by atoms with Crippen LogP contribution in [0, 0.1) is 20.8 Å². The van der Waals surface area contributed by atoms with Gasteiger partial charge in [0.1, 0.15) is 0 Å². The molecular weight excluding hydrogens is 258 g/mol. The summed E-state index contributed by atoms with van der Waals surface area (Å²) in [6.45, 7) is 5.92. The Morgan fingerprint density at radius 3 is 2.79 bits per heavy atom. The number of thioether (sulfide) groups is 1. The van der Waals surface area contributed by atoms with Crippen LogP contribution in [0.4, 0.5) is 5.69 Å². The average Bonchev–Trinajstić information content (AvgIpc) is 2.66. The minimum Gasteiger partial charge on any atom is -0.337 e. The number of benzene rings is 1. The molecule has 2 rings (SSSR count). The number of anilines is 1. The number of aryl methyl sites for hydroxylation is 3. The number of imidazole rings is 1. The normalized spacial score (nSPS) is 10.5. The van der Waals surface area contributed by atoms with Crippen molar-refractivity contribution in [2.24, 2.45) is 0 Å². The number of H-pyrrole nitrogens is 1. The van der Waals surface area contributed by atoms with Crippen LogP contribution < -0.4 is 5.32 Å². The number of hydrogen-bond donors (Lipinski definition) is 2. The summed E-state index contributed by atoms with van der Waals surface area (Å²) in [5.41, 5.74) is 3.98. The van der Waals surface area contributed by atoms with Crippen molar-refractivity contribution in [3.63, 3.8) is 0 Å². The molecule has 0 aliphatic carbocycles. The van der Waals surface area contributed by atoms with Crippen LogP contribution in [0.1, 0.15) is 17.0 Å². The van der Waals surface area contributed by atoms with Crippen molar-refractivity contribution in [3.8, 4) is 0 Å². The molecule has 2 N–H and O–H groups in total. The Morgan fingerprint density at radius 1 is 1.37 bits per heavy atom. The van der Waals surface area contributed by atoms with Gasteiger partial charge >= 0.3 is 0 Å². The first-order chi connectivity index (χ1) is 9.04. The average molecular weight is 275 g/mol. The van der Waals surface area contributed by atoms with E-state index in [1.165, 1.54) is 11.8 Å². The van der Waals surface area contributed by atoms with Crippen LogP contribution in [-0.2, 0) is 4.79 Å². The van der Waals surface area contributed by atoms with Gasteiger partial charge in [0.2, 0.25) is 5.91 Å². The lowest BCUT2D eigenvalue weighted by Crippen LogP contribution is -2.14. The highest BCUT2D eigenvalue weighted by Crippen LogP contribution is 2.17. The SMILES string of the molecule is Cc1cccc(NC(=O)CSc2nc(C)c(C)[nH]2)c1. The van der Waals surface area contributed by atoms with Crippen molar-refractivity contribution in [3.05, 3.63) is 41.2 Å².